The van der Waals surface area contributed by atoms with Gasteiger partial charge in [0.1, 0.15) is 29.5 Å². The first-order valence-electron chi connectivity index (χ1n) is 11.6. The quantitative estimate of drug-likeness (QED) is 0.254. The molecule has 2 aromatic carbocycles. The first-order valence-corrected chi connectivity index (χ1v) is 12.0. The molecule has 2 heterocycles. The second-order valence-corrected chi connectivity index (χ2v) is 9.44. The third-order valence-electron chi connectivity index (χ3n) is 5.39. The highest BCUT2D eigenvalue weighted by molar-refractivity contribution is 6.33. The Balaban J connectivity index is 1.42. The fraction of sp³-hybridized carbons (Fsp3) is 0.269. The number of carbonyl (C=O) groups is 1. The van der Waals surface area contributed by atoms with E-state index in [0.717, 1.165) is 0 Å². The number of halogens is 2. The van der Waals surface area contributed by atoms with E-state index in [1.165, 1.54) is 12.4 Å². The van der Waals surface area contributed by atoms with Crippen LogP contribution in [0.25, 0.3) is 11.3 Å². The summed E-state index contributed by atoms with van der Waals surface area (Å²) in [4.78, 5) is 23.9. The van der Waals surface area contributed by atoms with E-state index in [1.807, 2.05) is 0 Å². The molecule has 0 radical (unpaired) electrons. The van der Waals surface area contributed by atoms with Gasteiger partial charge in [-0.1, -0.05) is 29.8 Å². The molecule has 0 saturated heterocycles. The molecule has 4 rings (SSSR count). The van der Waals surface area contributed by atoms with E-state index in [4.69, 9.17) is 16.3 Å². The second kappa shape index (κ2) is 11.4. The molecule has 1 amide bonds. The molecule has 0 aliphatic carbocycles. The zero-order valence-corrected chi connectivity index (χ0v) is 21.1. The topological polar surface area (TPSA) is 126 Å². The van der Waals surface area contributed by atoms with Crippen LogP contribution in [0.1, 0.15) is 48.7 Å². The molecule has 0 unspecified atom stereocenters. The van der Waals surface area contributed by atoms with Crippen molar-refractivity contribution >= 4 is 23.3 Å². The number of carbonyl (C=O) groups excluding carboxylic acids is 1. The summed E-state index contributed by atoms with van der Waals surface area (Å²) in [7, 11) is 0. The number of aromatic amines is 1. The molecule has 0 atom stereocenters. The van der Waals surface area contributed by atoms with E-state index in [0.29, 0.717) is 52.9 Å². The lowest BCUT2D eigenvalue weighted by Gasteiger charge is -2.17. The van der Waals surface area contributed by atoms with Gasteiger partial charge in [0.2, 0.25) is 5.82 Å². The number of rotatable bonds is 10. The molecular formula is C26H26ClFN6O3. The molecule has 2 aromatic heterocycles. The minimum absolute atomic E-state index is 0.0361. The fourth-order valence-electron chi connectivity index (χ4n) is 3.53. The van der Waals surface area contributed by atoms with Crippen molar-refractivity contribution in [2.45, 2.75) is 38.7 Å². The molecule has 0 aliphatic heterocycles. The maximum absolute atomic E-state index is 13.9. The number of H-pyrrole nitrogens is 1. The highest BCUT2D eigenvalue weighted by atomic mass is 35.5. The highest BCUT2D eigenvalue weighted by Crippen LogP contribution is 2.31. The van der Waals surface area contributed by atoms with Crippen molar-refractivity contribution in [2.75, 3.05) is 11.9 Å². The largest absolute Gasteiger partial charge is 0.494 e. The van der Waals surface area contributed by atoms with E-state index in [-0.39, 0.29) is 23.9 Å². The van der Waals surface area contributed by atoms with E-state index < -0.39 is 11.5 Å². The summed E-state index contributed by atoms with van der Waals surface area (Å²) in [5, 5.41) is 20.7. The number of hydrogen-bond acceptors (Lipinski definition) is 7. The van der Waals surface area contributed by atoms with Gasteiger partial charge in [-0.25, -0.2) is 14.4 Å². The number of ether oxygens (including phenoxy) is 1. The minimum atomic E-state index is -0.747. The third-order valence-corrected chi connectivity index (χ3v) is 5.72. The van der Waals surface area contributed by atoms with Crippen LogP contribution in [0.15, 0.2) is 54.9 Å². The Morgan fingerprint density at radius 1 is 1.16 bits per heavy atom. The predicted molar refractivity (Wildman–Crippen MR) is 137 cm³/mol. The number of nitrogens with zero attached hydrogens (tertiary/aromatic N) is 4. The molecule has 4 aromatic rings. The zero-order chi connectivity index (χ0) is 26.4. The van der Waals surface area contributed by atoms with Crippen molar-refractivity contribution in [1.82, 2.24) is 25.1 Å². The van der Waals surface area contributed by atoms with Crippen LogP contribution in [0.5, 0.6) is 5.75 Å². The molecule has 9 nitrogen and oxygen atoms in total. The SMILES string of the molecule is CC(C)(O)CCCOc1ccc(Cl)c(-c2cc(NC(=O)c3nnc(Cc4ccccc4F)[nH]3)ncn2)c1. The van der Waals surface area contributed by atoms with Crippen molar-refractivity contribution in [3.63, 3.8) is 0 Å². The van der Waals surface area contributed by atoms with Crippen LogP contribution in [0.2, 0.25) is 5.02 Å². The predicted octanol–water partition coefficient (Wildman–Crippen LogP) is 4.83. The van der Waals surface area contributed by atoms with Crippen LogP contribution in [0.3, 0.4) is 0 Å². The van der Waals surface area contributed by atoms with E-state index in [2.05, 4.69) is 30.5 Å². The molecule has 11 heteroatoms. The second-order valence-electron chi connectivity index (χ2n) is 9.04. The van der Waals surface area contributed by atoms with Crippen LogP contribution >= 0.6 is 11.6 Å². The summed E-state index contributed by atoms with van der Waals surface area (Å²) < 4.78 is 19.7. The summed E-state index contributed by atoms with van der Waals surface area (Å²) >= 11 is 6.40. The number of hydrogen-bond donors (Lipinski definition) is 3. The van der Waals surface area contributed by atoms with Gasteiger partial charge in [0.15, 0.2) is 0 Å². The average Bonchev–Trinajstić information content (AvgIpc) is 3.33. The van der Waals surface area contributed by atoms with Gasteiger partial charge in [-0.2, -0.15) is 0 Å². The Morgan fingerprint density at radius 3 is 2.76 bits per heavy atom. The molecule has 0 fully saturated rings. The lowest BCUT2D eigenvalue weighted by Crippen LogP contribution is -2.19. The molecule has 0 bridgehead atoms. The Bertz CT molecular complexity index is 1390. The molecule has 3 N–H and O–H groups in total. The minimum Gasteiger partial charge on any atom is -0.494 e. The van der Waals surface area contributed by atoms with Crippen LogP contribution in [0.4, 0.5) is 10.2 Å². The van der Waals surface area contributed by atoms with Crippen molar-refractivity contribution < 1.29 is 19.0 Å². The van der Waals surface area contributed by atoms with Gasteiger partial charge < -0.3 is 20.1 Å². The number of amides is 1. The maximum atomic E-state index is 13.9. The fourth-order valence-corrected chi connectivity index (χ4v) is 3.75. The van der Waals surface area contributed by atoms with Crippen LogP contribution < -0.4 is 10.1 Å². The number of nitrogens with one attached hydrogen (secondary N) is 2. The smallest absolute Gasteiger partial charge is 0.294 e. The summed E-state index contributed by atoms with van der Waals surface area (Å²) in [6.07, 6.45) is 2.77. The van der Waals surface area contributed by atoms with Gasteiger partial charge in [-0.05, 0) is 56.5 Å². The van der Waals surface area contributed by atoms with Crippen LogP contribution in [-0.4, -0.2) is 48.4 Å². The summed E-state index contributed by atoms with van der Waals surface area (Å²) in [6.45, 7) is 3.95. The van der Waals surface area contributed by atoms with Gasteiger partial charge in [0.25, 0.3) is 5.91 Å². The highest BCUT2D eigenvalue weighted by Gasteiger charge is 2.16. The number of anilines is 1. The van der Waals surface area contributed by atoms with Gasteiger partial charge in [0.05, 0.1) is 22.9 Å². The summed E-state index contributed by atoms with van der Waals surface area (Å²) in [5.74, 6) is 0.223. The lowest BCUT2D eigenvalue weighted by molar-refractivity contribution is 0.0641. The number of benzene rings is 2. The van der Waals surface area contributed by atoms with Gasteiger partial charge in [-0.15, -0.1) is 10.2 Å². The average molecular weight is 525 g/mol. The Labute approximate surface area is 218 Å². The normalized spacial score (nSPS) is 11.4. The Hall–Kier alpha value is -3.89. The van der Waals surface area contributed by atoms with Crippen molar-refractivity contribution in [1.29, 1.82) is 0 Å². The van der Waals surface area contributed by atoms with Crippen LogP contribution in [-0.2, 0) is 6.42 Å². The van der Waals surface area contributed by atoms with Crippen LogP contribution in [0, 0.1) is 5.82 Å². The van der Waals surface area contributed by atoms with Crippen molar-refractivity contribution in [2.24, 2.45) is 0 Å². The van der Waals surface area contributed by atoms with E-state index >= 15 is 0 Å². The van der Waals surface area contributed by atoms with Gasteiger partial charge in [-0.3, -0.25) is 4.79 Å². The van der Waals surface area contributed by atoms with E-state index in [9.17, 15) is 14.3 Å². The van der Waals surface area contributed by atoms with E-state index in [1.54, 1.807) is 56.3 Å². The molecule has 0 aliphatic rings. The Morgan fingerprint density at radius 2 is 1.97 bits per heavy atom. The third kappa shape index (κ3) is 7.31. The lowest BCUT2D eigenvalue weighted by atomic mass is 10.0. The standard InChI is InChI=1S/C26H26ClFN6O3/c1-26(2,36)10-5-11-37-17-8-9-19(27)18(13-17)21-14-22(30-15-29-21)32-25(35)24-31-23(33-34-24)12-16-6-3-4-7-20(16)28/h3-4,6-9,13-15,36H,5,10-12H2,1-2H3,(H,31,33,34)(H,29,30,32,35). The van der Waals surface area contributed by atoms with Crippen molar-refractivity contribution in [3.8, 4) is 17.0 Å². The molecule has 37 heavy (non-hydrogen) atoms. The monoisotopic (exact) mass is 524 g/mol. The molecule has 0 spiro atoms. The first-order chi connectivity index (χ1) is 17.7. The van der Waals surface area contributed by atoms with Crippen molar-refractivity contribution in [3.05, 3.63) is 82.9 Å². The number of aromatic nitrogens is 5. The number of aliphatic hydroxyl groups is 1. The Kier molecular flexibility index (Phi) is 8.10. The molecule has 192 valence electrons. The molecule has 0 saturated carbocycles. The van der Waals surface area contributed by atoms with Gasteiger partial charge >= 0.3 is 0 Å². The van der Waals surface area contributed by atoms with Gasteiger partial charge in [0, 0.05) is 18.1 Å². The summed E-state index contributed by atoms with van der Waals surface area (Å²) in [6, 6.07) is 13.1. The maximum Gasteiger partial charge on any atom is 0.294 e. The molecular weight excluding hydrogens is 499 g/mol. The first kappa shape index (κ1) is 26.2. The summed E-state index contributed by atoms with van der Waals surface area (Å²) in [5.41, 5.74) is 0.775. The zero-order valence-electron chi connectivity index (χ0n) is 20.3.